The quantitative estimate of drug-likeness (QED) is 0.574. The van der Waals surface area contributed by atoms with Gasteiger partial charge in [0.2, 0.25) is 0 Å². The van der Waals surface area contributed by atoms with Gasteiger partial charge in [0.15, 0.2) is 11.6 Å². The summed E-state index contributed by atoms with van der Waals surface area (Å²) in [6.07, 6.45) is 0. The van der Waals surface area contributed by atoms with Crippen LogP contribution in [0.25, 0.3) is 11.4 Å². The fourth-order valence-corrected chi connectivity index (χ4v) is 2.57. The Kier molecular flexibility index (Phi) is 5.52. The standard InChI is InChI=1S/C19H18ClN5O2/c1-11(17-23-18(25-24-17)13-6-8-15(20)9-7-13)21-19(27)22-16-5-3-4-14(10-16)12(2)26/h3-11H,1-2H3,(H2,21,22,27)(H,23,24,25)/t11-/m0/s1. The molecule has 2 aromatic carbocycles. The van der Waals surface area contributed by atoms with Crippen LogP contribution in [0.2, 0.25) is 5.02 Å². The Morgan fingerprint density at radius 2 is 1.89 bits per heavy atom. The number of amides is 2. The molecule has 0 fully saturated rings. The van der Waals surface area contributed by atoms with Crippen LogP contribution in [0.5, 0.6) is 0 Å². The normalized spacial score (nSPS) is 11.7. The first kappa shape index (κ1) is 18.6. The summed E-state index contributed by atoms with van der Waals surface area (Å²) in [7, 11) is 0. The molecule has 0 saturated heterocycles. The van der Waals surface area contributed by atoms with E-state index in [9.17, 15) is 9.59 Å². The second-order valence-electron chi connectivity index (χ2n) is 6.01. The molecule has 7 nitrogen and oxygen atoms in total. The molecule has 0 aliphatic heterocycles. The minimum atomic E-state index is -0.410. The van der Waals surface area contributed by atoms with E-state index in [0.29, 0.717) is 27.9 Å². The number of aromatic amines is 1. The third kappa shape index (κ3) is 4.71. The number of Topliss-reactive ketones (excluding diaryl/α,β-unsaturated/α-hetero) is 1. The van der Waals surface area contributed by atoms with Crippen LogP contribution in [-0.2, 0) is 0 Å². The third-order valence-corrected chi connectivity index (χ3v) is 4.14. The van der Waals surface area contributed by atoms with E-state index in [1.807, 2.05) is 12.1 Å². The lowest BCUT2D eigenvalue weighted by atomic mass is 10.1. The van der Waals surface area contributed by atoms with Gasteiger partial charge in [0.05, 0.1) is 6.04 Å². The Hall–Kier alpha value is -3.19. The monoisotopic (exact) mass is 383 g/mol. The zero-order valence-corrected chi connectivity index (χ0v) is 15.5. The van der Waals surface area contributed by atoms with Gasteiger partial charge < -0.3 is 10.6 Å². The molecule has 2 amide bonds. The molecule has 27 heavy (non-hydrogen) atoms. The third-order valence-electron chi connectivity index (χ3n) is 3.89. The van der Waals surface area contributed by atoms with E-state index in [0.717, 1.165) is 5.56 Å². The van der Waals surface area contributed by atoms with Gasteiger partial charge in [0.1, 0.15) is 5.82 Å². The zero-order valence-electron chi connectivity index (χ0n) is 14.8. The van der Waals surface area contributed by atoms with Crippen LogP contribution in [0.4, 0.5) is 10.5 Å². The fourth-order valence-electron chi connectivity index (χ4n) is 2.44. The van der Waals surface area contributed by atoms with Crippen molar-refractivity contribution in [2.75, 3.05) is 5.32 Å². The van der Waals surface area contributed by atoms with E-state index in [-0.39, 0.29) is 5.78 Å². The molecule has 0 radical (unpaired) electrons. The number of hydrogen-bond donors (Lipinski definition) is 3. The number of nitrogens with zero attached hydrogens (tertiary/aromatic N) is 2. The summed E-state index contributed by atoms with van der Waals surface area (Å²) in [6, 6.07) is 13.1. The Morgan fingerprint density at radius 1 is 1.15 bits per heavy atom. The lowest BCUT2D eigenvalue weighted by Gasteiger charge is -2.12. The van der Waals surface area contributed by atoms with Crippen molar-refractivity contribution in [2.24, 2.45) is 0 Å². The van der Waals surface area contributed by atoms with E-state index < -0.39 is 12.1 Å². The molecule has 1 atom stereocenters. The highest BCUT2D eigenvalue weighted by Gasteiger charge is 2.15. The zero-order chi connectivity index (χ0) is 19.4. The van der Waals surface area contributed by atoms with E-state index in [2.05, 4.69) is 25.8 Å². The average molecular weight is 384 g/mol. The molecule has 0 bridgehead atoms. The van der Waals surface area contributed by atoms with Gasteiger partial charge in [0.25, 0.3) is 0 Å². The van der Waals surface area contributed by atoms with Crippen molar-refractivity contribution >= 4 is 29.1 Å². The topological polar surface area (TPSA) is 99.8 Å². The molecular weight excluding hydrogens is 366 g/mol. The lowest BCUT2D eigenvalue weighted by Crippen LogP contribution is -2.31. The Morgan fingerprint density at radius 3 is 2.59 bits per heavy atom. The summed E-state index contributed by atoms with van der Waals surface area (Å²) in [6.45, 7) is 3.27. The number of nitrogens with one attached hydrogen (secondary N) is 3. The second-order valence-corrected chi connectivity index (χ2v) is 6.44. The smallest absolute Gasteiger partial charge is 0.319 e. The summed E-state index contributed by atoms with van der Waals surface area (Å²) in [4.78, 5) is 28.0. The molecular formula is C19H18ClN5O2. The first-order valence-corrected chi connectivity index (χ1v) is 8.67. The molecule has 138 valence electrons. The maximum absolute atomic E-state index is 12.2. The number of aromatic nitrogens is 3. The van der Waals surface area contributed by atoms with Crippen molar-refractivity contribution < 1.29 is 9.59 Å². The Labute approximate surface area is 161 Å². The van der Waals surface area contributed by atoms with Crippen molar-refractivity contribution in [1.29, 1.82) is 0 Å². The van der Waals surface area contributed by atoms with Crippen molar-refractivity contribution in [1.82, 2.24) is 20.5 Å². The first-order chi connectivity index (χ1) is 12.9. The van der Waals surface area contributed by atoms with E-state index >= 15 is 0 Å². The van der Waals surface area contributed by atoms with E-state index in [1.54, 1.807) is 43.3 Å². The number of carbonyl (C=O) groups excluding carboxylic acids is 2. The second kappa shape index (κ2) is 8.01. The number of hydrogen-bond acceptors (Lipinski definition) is 4. The SMILES string of the molecule is CC(=O)c1cccc(NC(=O)N[C@@H](C)c2nc(-c3ccc(Cl)cc3)n[nH]2)c1. The highest BCUT2D eigenvalue weighted by atomic mass is 35.5. The summed E-state index contributed by atoms with van der Waals surface area (Å²) in [5.41, 5.74) is 1.88. The number of carbonyl (C=O) groups is 2. The van der Waals surface area contributed by atoms with Crippen LogP contribution in [0.15, 0.2) is 48.5 Å². The number of halogens is 1. The average Bonchev–Trinajstić information content (AvgIpc) is 3.12. The molecule has 1 aromatic heterocycles. The van der Waals surface area contributed by atoms with Crippen LogP contribution in [0.1, 0.15) is 36.1 Å². The number of H-pyrrole nitrogens is 1. The molecule has 0 spiro atoms. The predicted octanol–water partition coefficient (Wildman–Crippen LogP) is 4.21. The van der Waals surface area contributed by atoms with Crippen molar-refractivity contribution in [3.8, 4) is 11.4 Å². The van der Waals surface area contributed by atoms with Crippen molar-refractivity contribution in [3.05, 3.63) is 64.9 Å². The van der Waals surface area contributed by atoms with Crippen LogP contribution in [0, 0.1) is 0 Å². The highest BCUT2D eigenvalue weighted by molar-refractivity contribution is 6.30. The van der Waals surface area contributed by atoms with Crippen LogP contribution >= 0.6 is 11.6 Å². The fraction of sp³-hybridized carbons (Fsp3) is 0.158. The van der Waals surface area contributed by atoms with Crippen LogP contribution in [0.3, 0.4) is 0 Å². The summed E-state index contributed by atoms with van der Waals surface area (Å²) in [5, 5.41) is 13.1. The number of ketones is 1. The number of anilines is 1. The van der Waals surface area contributed by atoms with Crippen LogP contribution < -0.4 is 10.6 Å². The number of urea groups is 1. The highest BCUT2D eigenvalue weighted by Crippen LogP contribution is 2.19. The number of rotatable bonds is 5. The summed E-state index contributed by atoms with van der Waals surface area (Å²) in [5.74, 6) is 0.973. The van der Waals surface area contributed by atoms with Gasteiger partial charge in [0, 0.05) is 21.8 Å². The van der Waals surface area contributed by atoms with Gasteiger partial charge in [-0.1, -0.05) is 23.7 Å². The van der Waals surface area contributed by atoms with Crippen molar-refractivity contribution in [3.63, 3.8) is 0 Å². The maximum atomic E-state index is 12.2. The number of benzene rings is 2. The Balaban J connectivity index is 1.64. The molecule has 0 aliphatic carbocycles. The Bertz CT molecular complexity index is 968. The minimum absolute atomic E-state index is 0.0659. The molecule has 1 heterocycles. The predicted molar refractivity (Wildman–Crippen MR) is 104 cm³/mol. The molecule has 3 N–H and O–H groups in total. The lowest BCUT2D eigenvalue weighted by molar-refractivity contribution is 0.101. The van der Waals surface area contributed by atoms with Crippen molar-refractivity contribution in [2.45, 2.75) is 19.9 Å². The van der Waals surface area contributed by atoms with Gasteiger partial charge in [-0.15, -0.1) is 0 Å². The molecule has 0 unspecified atom stereocenters. The van der Waals surface area contributed by atoms with Gasteiger partial charge in [-0.05, 0) is 50.2 Å². The van der Waals surface area contributed by atoms with Gasteiger partial charge in [-0.25, -0.2) is 9.78 Å². The van der Waals surface area contributed by atoms with Crippen LogP contribution in [-0.4, -0.2) is 27.0 Å². The van der Waals surface area contributed by atoms with Gasteiger partial charge >= 0.3 is 6.03 Å². The minimum Gasteiger partial charge on any atom is -0.328 e. The maximum Gasteiger partial charge on any atom is 0.319 e. The van der Waals surface area contributed by atoms with E-state index in [1.165, 1.54) is 6.92 Å². The summed E-state index contributed by atoms with van der Waals surface area (Å²) >= 11 is 5.88. The van der Waals surface area contributed by atoms with E-state index in [4.69, 9.17) is 11.6 Å². The van der Waals surface area contributed by atoms with Gasteiger partial charge in [-0.2, -0.15) is 5.10 Å². The molecule has 0 saturated carbocycles. The largest absolute Gasteiger partial charge is 0.328 e. The first-order valence-electron chi connectivity index (χ1n) is 8.29. The van der Waals surface area contributed by atoms with Gasteiger partial charge in [-0.3, -0.25) is 9.89 Å². The molecule has 8 heteroatoms. The molecule has 0 aliphatic rings. The molecule has 3 aromatic rings. The summed E-state index contributed by atoms with van der Waals surface area (Å²) < 4.78 is 0. The molecule has 3 rings (SSSR count).